The monoisotopic (exact) mass is 454 g/mol. The maximum Gasteiger partial charge on any atom is 0.342 e. The van der Waals surface area contributed by atoms with Crippen molar-refractivity contribution in [3.8, 4) is 0 Å². The summed E-state index contributed by atoms with van der Waals surface area (Å²) in [6.45, 7) is 13.0. The van der Waals surface area contributed by atoms with Gasteiger partial charge in [-0.2, -0.15) is 0 Å². The van der Waals surface area contributed by atoms with Crippen LogP contribution in [0.25, 0.3) is 5.57 Å². The molecule has 2 aromatic carbocycles. The second kappa shape index (κ2) is 11.1. The van der Waals surface area contributed by atoms with Crippen LogP contribution in [0.15, 0.2) is 47.1 Å². The van der Waals surface area contributed by atoms with E-state index in [4.69, 9.17) is 14.2 Å². The summed E-state index contributed by atoms with van der Waals surface area (Å²) in [5, 5.41) is 0. The first-order chi connectivity index (χ1) is 15.3. The molecule has 5 heteroatoms. The molecule has 1 aliphatic heterocycles. The van der Waals surface area contributed by atoms with Crippen molar-refractivity contribution in [3.05, 3.63) is 70.0 Å². The predicted molar refractivity (Wildman–Crippen MR) is 131 cm³/mol. The molecule has 172 valence electrons. The third-order valence-electron chi connectivity index (χ3n) is 5.74. The molecule has 4 nitrogen and oxygen atoms in total. The molecule has 0 radical (unpaired) electrons. The van der Waals surface area contributed by atoms with Crippen molar-refractivity contribution in [1.82, 2.24) is 0 Å². The van der Waals surface area contributed by atoms with Crippen molar-refractivity contribution in [2.24, 2.45) is 5.92 Å². The van der Waals surface area contributed by atoms with Crippen LogP contribution in [0.3, 0.4) is 0 Å². The lowest BCUT2D eigenvalue weighted by Crippen LogP contribution is -2.33. The molecule has 2 unspecified atom stereocenters. The zero-order chi connectivity index (χ0) is 23.3. The van der Waals surface area contributed by atoms with Gasteiger partial charge in [-0.1, -0.05) is 42.3 Å². The molecule has 0 spiro atoms. The highest BCUT2D eigenvalue weighted by Crippen LogP contribution is 2.37. The van der Waals surface area contributed by atoms with E-state index in [1.807, 2.05) is 20.8 Å². The van der Waals surface area contributed by atoms with Gasteiger partial charge in [0, 0.05) is 29.6 Å². The Morgan fingerprint density at radius 1 is 1.06 bits per heavy atom. The molecule has 1 aliphatic rings. The molecule has 2 atom stereocenters. The molecule has 2 aromatic rings. The van der Waals surface area contributed by atoms with Gasteiger partial charge in [-0.05, 0) is 63.4 Å². The van der Waals surface area contributed by atoms with E-state index in [-0.39, 0.29) is 24.8 Å². The van der Waals surface area contributed by atoms with Gasteiger partial charge < -0.3 is 14.2 Å². The number of cyclic esters (lactones) is 1. The number of rotatable bonds is 9. The maximum absolute atomic E-state index is 13.2. The average Bonchev–Trinajstić information content (AvgIpc) is 2.74. The van der Waals surface area contributed by atoms with Crippen molar-refractivity contribution in [2.45, 2.75) is 59.0 Å². The number of hydrogen-bond acceptors (Lipinski definition) is 5. The zero-order valence-electron chi connectivity index (χ0n) is 20.0. The molecule has 0 saturated carbocycles. The standard InChI is InChI=1S/C27H34O4S/c1-7-29-16-30-24-14-23(21(6)15-32-22-10-8-17(2)9-11-22)31-27(28)26(24)25-19(4)12-18(3)13-20(25)5/h8-13,21,23H,7,14-16H2,1-6H3. The largest absolute Gasteiger partial charge is 0.471 e. The van der Waals surface area contributed by atoms with Crippen molar-refractivity contribution < 1.29 is 19.0 Å². The van der Waals surface area contributed by atoms with Crippen molar-refractivity contribution >= 4 is 23.3 Å². The number of thioether (sulfide) groups is 1. The van der Waals surface area contributed by atoms with E-state index in [0.29, 0.717) is 24.4 Å². The minimum atomic E-state index is -0.310. The number of esters is 1. The SMILES string of the molecule is CCOCOC1=C(c2c(C)cc(C)cc2C)C(=O)OC(C(C)CSc2ccc(C)cc2)C1. The van der Waals surface area contributed by atoms with Crippen LogP contribution in [0.4, 0.5) is 0 Å². The smallest absolute Gasteiger partial charge is 0.342 e. The van der Waals surface area contributed by atoms with Gasteiger partial charge in [-0.25, -0.2) is 4.79 Å². The molecule has 0 aliphatic carbocycles. The van der Waals surface area contributed by atoms with Crippen LogP contribution in [0.5, 0.6) is 0 Å². The van der Waals surface area contributed by atoms with Crippen LogP contribution in [0.1, 0.15) is 48.1 Å². The Kier molecular flexibility index (Phi) is 8.44. The Morgan fingerprint density at radius 3 is 2.34 bits per heavy atom. The first kappa shape index (κ1) is 24.4. The first-order valence-corrected chi connectivity index (χ1v) is 12.2. The van der Waals surface area contributed by atoms with E-state index < -0.39 is 0 Å². The summed E-state index contributed by atoms with van der Waals surface area (Å²) in [4.78, 5) is 14.5. The molecular weight excluding hydrogens is 420 g/mol. The molecule has 32 heavy (non-hydrogen) atoms. The van der Waals surface area contributed by atoms with Gasteiger partial charge in [0.05, 0.1) is 0 Å². The fourth-order valence-electron chi connectivity index (χ4n) is 4.07. The number of carbonyl (C=O) groups excluding carboxylic acids is 1. The Balaban J connectivity index is 1.83. The maximum atomic E-state index is 13.2. The van der Waals surface area contributed by atoms with Crippen LogP contribution in [-0.2, 0) is 19.0 Å². The van der Waals surface area contributed by atoms with Crippen LogP contribution < -0.4 is 0 Å². The van der Waals surface area contributed by atoms with Gasteiger partial charge in [0.25, 0.3) is 0 Å². The fraction of sp³-hybridized carbons (Fsp3) is 0.444. The van der Waals surface area contributed by atoms with E-state index in [1.165, 1.54) is 16.0 Å². The summed E-state index contributed by atoms with van der Waals surface area (Å²) in [5.74, 6) is 1.40. The minimum Gasteiger partial charge on any atom is -0.471 e. The highest BCUT2D eigenvalue weighted by Gasteiger charge is 2.35. The molecule has 3 rings (SSSR count). The Morgan fingerprint density at radius 2 is 1.72 bits per heavy atom. The Hall–Kier alpha value is -2.24. The topological polar surface area (TPSA) is 44.8 Å². The molecule has 0 aromatic heterocycles. The zero-order valence-corrected chi connectivity index (χ0v) is 20.8. The molecule has 0 N–H and O–H groups in total. The van der Waals surface area contributed by atoms with E-state index >= 15 is 0 Å². The normalized spacial score (nSPS) is 17.3. The van der Waals surface area contributed by atoms with Crippen molar-refractivity contribution in [2.75, 3.05) is 19.2 Å². The van der Waals surface area contributed by atoms with Crippen LogP contribution >= 0.6 is 11.8 Å². The van der Waals surface area contributed by atoms with Crippen LogP contribution in [0.2, 0.25) is 0 Å². The predicted octanol–water partition coefficient (Wildman–Crippen LogP) is 6.39. The third-order valence-corrected chi connectivity index (χ3v) is 7.04. The van der Waals surface area contributed by atoms with Gasteiger partial charge >= 0.3 is 5.97 Å². The lowest BCUT2D eigenvalue weighted by molar-refractivity contribution is -0.146. The van der Waals surface area contributed by atoms with Gasteiger partial charge in [-0.3, -0.25) is 0 Å². The molecule has 0 bridgehead atoms. The second-order valence-corrected chi connectivity index (χ2v) is 9.67. The minimum absolute atomic E-state index is 0.131. The summed E-state index contributed by atoms with van der Waals surface area (Å²) in [6.07, 6.45) is 0.322. The summed E-state index contributed by atoms with van der Waals surface area (Å²) < 4.78 is 17.4. The molecule has 0 fully saturated rings. The van der Waals surface area contributed by atoms with Gasteiger partial charge in [0.15, 0.2) is 6.79 Å². The summed E-state index contributed by atoms with van der Waals surface area (Å²) in [7, 11) is 0. The fourth-order valence-corrected chi connectivity index (χ4v) is 5.07. The average molecular weight is 455 g/mol. The van der Waals surface area contributed by atoms with E-state index in [1.54, 1.807) is 11.8 Å². The number of ether oxygens (including phenoxy) is 3. The molecule has 1 heterocycles. The van der Waals surface area contributed by atoms with Gasteiger partial charge in [0.2, 0.25) is 0 Å². The highest BCUT2D eigenvalue weighted by atomic mass is 32.2. The van der Waals surface area contributed by atoms with E-state index in [9.17, 15) is 4.79 Å². The first-order valence-electron chi connectivity index (χ1n) is 11.2. The third kappa shape index (κ3) is 5.96. The van der Waals surface area contributed by atoms with Crippen molar-refractivity contribution in [1.29, 1.82) is 0 Å². The van der Waals surface area contributed by atoms with E-state index in [0.717, 1.165) is 22.4 Å². The van der Waals surface area contributed by atoms with Gasteiger partial charge in [-0.15, -0.1) is 11.8 Å². The highest BCUT2D eigenvalue weighted by molar-refractivity contribution is 7.99. The van der Waals surface area contributed by atoms with Crippen molar-refractivity contribution in [3.63, 3.8) is 0 Å². The van der Waals surface area contributed by atoms with Crippen LogP contribution in [-0.4, -0.2) is 31.2 Å². The quantitative estimate of drug-likeness (QED) is 0.190. The number of carbonyl (C=O) groups is 1. The number of hydrogen-bond donors (Lipinski definition) is 0. The summed E-state index contributed by atoms with van der Waals surface area (Å²) in [6, 6.07) is 12.7. The Labute approximate surface area is 196 Å². The second-order valence-electron chi connectivity index (χ2n) is 8.58. The summed E-state index contributed by atoms with van der Waals surface area (Å²) in [5.41, 5.74) is 5.97. The summed E-state index contributed by atoms with van der Waals surface area (Å²) >= 11 is 1.79. The number of benzene rings is 2. The van der Waals surface area contributed by atoms with Crippen LogP contribution in [0, 0.1) is 33.6 Å². The molecule has 0 saturated heterocycles. The lowest BCUT2D eigenvalue weighted by atomic mass is 9.89. The lowest BCUT2D eigenvalue weighted by Gasteiger charge is -2.31. The Bertz CT molecular complexity index is 955. The van der Waals surface area contributed by atoms with E-state index in [2.05, 4.69) is 57.2 Å². The molecular formula is C27H34O4S. The molecule has 0 amide bonds. The van der Waals surface area contributed by atoms with Gasteiger partial charge in [0.1, 0.15) is 17.4 Å². The number of aryl methyl sites for hydroxylation is 4.